The average molecular weight is 366 g/mol. The highest BCUT2D eigenvalue weighted by Crippen LogP contribution is 2.59. The average Bonchev–Trinajstić information content (AvgIpc) is 2.73. The molecular weight excluding hydrogens is 344 g/mol. The van der Waals surface area contributed by atoms with E-state index in [2.05, 4.69) is 62.4 Å². The first kappa shape index (κ1) is 16.2. The summed E-state index contributed by atoms with van der Waals surface area (Å²) in [4.78, 5) is 27.5. The first-order chi connectivity index (χ1) is 13.6. The molecule has 2 aromatic rings. The van der Waals surface area contributed by atoms with Gasteiger partial charge < -0.3 is 0 Å². The molecule has 2 nitrogen and oxygen atoms in total. The van der Waals surface area contributed by atoms with E-state index in [0.717, 1.165) is 24.0 Å². The number of hydrogen-bond acceptors (Lipinski definition) is 2. The lowest BCUT2D eigenvalue weighted by Crippen LogP contribution is -2.46. The number of allylic oxidation sites excluding steroid dienone is 4. The Hall–Kier alpha value is -2.74. The molecule has 0 heterocycles. The Bertz CT molecular complexity index is 1010. The molecule has 0 aliphatic heterocycles. The predicted molar refractivity (Wildman–Crippen MR) is 108 cm³/mol. The number of carbonyl (C=O) groups is 2. The molecule has 0 saturated heterocycles. The van der Waals surface area contributed by atoms with Crippen molar-refractivity contribution in [3.05, 3.63) is 93.1 Å². The van der Waals surface area contributed by atoms with Gasteiger partial charge in [-0.1, -0.05) is 59.7 Å². The lowest BCUT2D eigenvalue weighted by Gasteiger charge is -2.48. The SMILES string of the molecule is CC1=C(C)C[C@H]2C(=O)C3=C(C(=O)[C@@H]2C1)C1c2ccccc2C3c2ccccc21. The molecule has 0 amide bonds. The minimum absolute atomic E-state index is 0.0860. The summed E-state index contributed by atoms with van der Waals surface area (Å²) in [7, 11) is 0. The van der Waals surface area contributed by atoms with Crippen molar-refractivity contribution in [2.24, 2.45) is 11.8 Å². The molecule has 2 atom stereocenters. The molecule has 2 aromatic carbocycles. The minimum Gasteiger partial charge on any atom is -0.294 e. The third kappa shape index (κ3) is 1.83. The van der Waals surface area contributed by atoms with Crippen molar-refractivity contribution in [1.82, 2.24) is 0 Å². The maximum absolute atomic E-state index is 13.8. The van der Waals surface area contributed by atoms with Crippen LogP contribution in [-0.4, -0.2) is 11.6 Å². The van der Waals surface area contributed by atoms with Crippen LogP contribution in [0.15, 0.2) is 70.8 Å². The Balaban J connectivity index is 1.62. The van der Waals surface area contributed by atoms with Crippen molar-refractivity contribution in [1.29, 1.82) is 0 Å². The van der Waals surface area contributed by atoms with Gasteiger partial charge in [0, 0.05) is 34.8 Å². The first-order valence-electron chi connectivity index (χ1n) is 10.2. The Morgan fingerprint density at radius 1 is 0.607 bits per heavy atom. The van der Waals surface area contributed by atoms with Crippen molar-refractivity contribution in [2.75, 3.05) is 0 Å². The summed E-state index contributed by atoms with van der Waals surface area (Å²) in [6, 6.07) is 16.8. The number of benzene rings is 2. The second-order valence-corrected chi connectivity index (χ2v) is 8.86. The molecule has 0 unspecified atom stereocenters. The molecule has 138 valence electrons. The van der Waals surface area contributed by atoms with Crippen LogP contribution in [0.5, 0.6) is 0 Å². The largest absolute Gasteiger partial charge is 0.294 e. The third-order valence-corrected chi connectivity index (χ3v) is 7.57. The van der Waals surface area contributed by atoms with Gasteiger partial charge in [-0.15, -0.1) is 0 Å². The highest BCUT2D eigenvalue weighted by Gasteiger charge is 2.54. The van der Waals surface area contributed by atoms with Crippen LogP contribution in [0.2, 0.25) is 0 Å². The zero-order valence-electron chi connectivity index (χ0n) is 16.2. The summed E-state index contributed by atoms with van der Waals surface area (Å²) in [6.07, 6.45) is 1.47. The maximum Gasteiger partial charge on any atom is 0.164 e. The molecular formula is C26H22O2. The lowest BCUT2D eigenvalue weighted by atomic mass is 9.53. The van der Waals surface area contributed by atoms with Gasteiger partial charge in [0.2, 0.25) is 0 Å². The van der Waals surface area contributed by atoms with E-state index in [4.69, 9.17) is 0 Å². The zero-order chi connectivity index (χ0) is 19.2. The van der Waals surface area contributed by atoms with E-state index < -0.39 is 0 Å². The number of hydrogen-bond donors (Lipinski definition) is 0. The normalized spacial score (nSPS) is 30.1. The summed E-state index contributed by atoms with van der Waals surface area (Å²) in [5, 5.41) is 0. The fourth-order valence-electron chi connectivity index (χ4n) is 6.13. The van der Waals surface area contributed by atoms with Crippen LogP contribution >= 0.6 is 0 Å². The van der Waals surface area contributed by atoms with Gasteiger partial charge >= 0.3 is 0 Å². The molecule has 5 aliphatic rings. The van der Waals surface area contributed by atoms with E-state index in [0.29, 0.717) is 0 Å². The Kier molecular flexibility index (Phi) is 3.14. The van der Waals surface area contributed by atoms with Crippen molar-refractivity contribution in [3.8, 4) is 0 Å². The van der Waals surface area contributed by atoms with Gasteiger partial charge in [0.1, 0.15) is 0 Å². The van der Waals surface area contributed by atoms with Crippen molar-refractivity contribution >= 4 is 11.6 Å². The van der Waals surface area contributed by atoms with E-state index in [-0.39, 0.29) is 35.2 Å². The van der Waals surface area contributed by atoms with Gasteiger partial charge in [-0.3, -0.25) is 9.59 Å². The zero-order valence-corrected chi connectivity index (χ0v) is 16.2. The molecule has 0 spiro atoms. The fraction of sp³-hybridized carbons (Fsp3) is 0.308. The highest BCUT2D eigenvalue weighted by molar-refractivity contribution is 6.17. The van der Waals surface area contributed by atoms with E-state index in [1.165, 1.54) is 33.4 Å². The van der Waals surface area contributed by atoms with E-state index >= 15 is 0 Å². The van der Waals surface area contributed by atoms with Crippen LogP contribution in [0.4, 0.5) is 0 Å². The van der Waals surface area contributed by atoms with Gasteiger partial charge in [0.05, 0.1) is 0 Å². The molecule has 7 rings (SSSR count). The molecule has 2 bridgehead atoms. The standard InChI is InChI=1S/C26H22O2/c1-13-11-19-20(12-14(13)2)26(28)24-22-17-9-5-3-7-15(17)21(23(24)25(19)27)16-8-4-6-10-18(16)22/h3-10,19-22H,11-12H2,1-2H3/t19-,20-,21?,22?/m1/s1. The van der Waals surface area contributed by atoms with Crippen molar-refractivity contribution in [3.63, 3.8) is 0 Å². The summed E-state index contributed by atoms with van der Waals surface area (Å²) in [5.74, 6) is -0.0626. The molecule has 2 heteroatoms. The minimum atomic E-state index is -0.173. The van der Waals surface area contributed by atoms with E-state index in [9.17, 15) is 9.59 Å². The van der Waals surface area contributed by atoms with Gasteiger partial charge in [-0.05, 0) is 48.9 Å². The molecule has 0 saturated carbocycles. The highest BCUT2D eigenvalue weighted by atomic mass is 16.1. The second kappa shape index (κ2) is 5.41. The van der Waals surface area contributed by atoms with Crippen LogP contribution in [-0.2, 0) is 9.59 Å². The summed E-state index contributed by atoms with van der Waals surface area (Å²) in [5.41, 5.74) is 9.03. The summed E-state index contributed by atoms with van der Waals surface area (Å²) < 4.78 is 0. The molecule has 0 fully saturated rings. The number of rotatable bonds is 0. The van der Waals surface area contributed by atoms with Crippen LogP contribution in [0.25, 0.3) is 0 Å². The predicted octanol–water partition coefficient (Wildman–Crippen LogP) is 5.09. The number of ketones is 2. The summed E-state index contributed by atoms with van der Waals surface area (Å²) in [6.45, 7) is 4.23. The molecule has 28 heavy (non-hydrogen) atoms. The molecule has 5 aliphatic carbocycles. The quantitative estimate of drug-likeness (QED) is 0.609. The monoisotopic (exact) mass is 366 g/mol. The maximum atomic E-state index is 13.8. The van der Waals surface area contributed by atoms with Gasteiger partial charge in [-0.2, -0.15) is 0 Å². The van der Waals surface area contributed by atoms with Crippen molar-refractivity contribution < 1.29 is 9.59 Å². The third-order valence-electron chi connectivity index (χ3n) is 7.57. The fourth-order valence-corrected chi connectivity index (χ4v) is 6.13. The molecule has 0 radical (unpaired) electrons. The van der Waals surface area contributed by atoms with Crippen LogP contribution in [0.1, 0.15) is 60.8 Å². The van der Waals surface area contributed by atoms with Gasteiger partial charge in [0.15, 0.2) is 11.6 Å². The van der Waals surface area contributed by atoms with Gasteiger partial charge in [0.25, 0.3) is 0 Å². The van der Waals surface area contributed by atoms with Gasteiger partial charge in [-0.25, -0.2) is 0 Å². The first-order valence-corrected chi connectivity index (χ1v) is 10.2. The van der Waals surface area contributed by atoms with Crippen LogP contribution in [0, 0.1) is 11.8 Å². The van der Waals surface area contributed by atoms with Crippen molar-refractivity contribution in [2.45, 2.75) is 38.5 Å². The smallest absolute Gasteiger partial charge is 0.164 e. The van der Waals surface area contributed by atoms with E-state index in [1.807, 2.05) is 0 Å². The number of carbonyl (C=O) groups excluding carboxylic acids is 2. The molecule has 0 aromatic heterocycles. The summed E-state index contributed by atoms with van der Waals surface area (Å²) >= 11 is 0. The lowest BCUT2D eigenvalue weighted by molar-refractivity contribution is -0.131. The van der Waals surface area contributed by atoms with E-state index in [1.54, 1.807) is 0 Å². The number of fused-ring (bicyclic) bond motifs is 1. The Morgan fingerprint density at radius 2 is 0.929 bits per heavy atom. The van der Waals surface area contributed by atoms with Crippen LogP contribution < -0.4 is 0 Å². The second-order valence-electron chi connectivity index (χ2n) is 8.86. The Labute approximate surface area is 165 Å². The topological polar surface area (TPSA) is 34.1 Å². The number of Topliss-reactive ketones (excluding diaryl/α,β-unsaturated/α-hetero) is 2. The Morgan fingerprint density at radius 3 is 1.25 bits per heavy atom. The molecule has 0 N–H and O–H groups in total. The van der Waals surface area contributed by atoms with Crippen LogP contribution in [0.3, 0.4) is 0 Å².